The third-order valence-electron chi connectivity index (χ3n) is 3.39. The van der Waals surface area contributed by atoms with Gasteiger partial charge in [0, 0.05) is 44.5 Å². The smallest absolute Gasteiger partial charge is 0.223 e. The summed E-state index contributed by atoms with van der Waals surface area (Å²) >= 11 is 0. The van der Waals surface area contributed by atoms with Crippen LogP contribution in [0.1, 0.15) is 39.8 Å². The number of hydrogen-bond acceptors (Lipinski definition) is 4. The van der Waals surface area contributed by atoms with E-state index < -0.39 is 0 Å². The van der Waals surface area contributed by atoms with Crippen molar-refractivity contribution in [1.82, 2.24) is 9.47 Å². The molecule has 0 saturated carbocycles. The van der Waals surface area contributed by atoms with Crippen molar-refractivity contribution >= 4 is 0 Å². The zero-order valence-corrected chi connectivity index (χ0v) is 14.2. The van der Waals surface area contributed by atoms with E-state index >= 15 is 0 Å². The lowest BCUT2D eigenvalue weighted by Crippen LogP contribution is -2.32. The monoisotopic (exact) mass is 310 g/mol. The van der Waals surface area contributed by atoms with Crippen LogP contribution in [-0.2, 0) is 13.1 Å². The lowest BCUT2D eigenvalue weighted by atomic mass is 10.1. The summed E-state index contributed by atoms with van der Waals surface area (Å²) in [5.74, 6) is 0.864. The number of hydrogen-bond donors (Lipinski definition) is 2. The van der Waals surface area contributed by atoms with Crippen molar-refractivity contribution in [1.29, 1.82) is 0 Å². The van der Waals surface area contributed by atoms with Gasteiger partial charge in [-0.15, -0.1) is 0 Å². The highest BCUT2D eigenvalue weighted by atomic mass is 16.3. The summed E-state index contributed by atoms with van der Waals surface area (Å²) < 4.78 is 1.88. The maximum absolute atomic E-state index is 11.8. The topological polar surface area (TPSA) is 65.7 Å². The summed E-state index contributed by atoms with van der Waals surface area (Å²) in [7, 11) is 0. The molecule has 0 atom stereocenters. The van der Waals surface area contributed by atoms with Gasteiger partial charge in [-0.2, -0.15) is 0 Å². The molecule has 22 heavy (non-hydrogen) atoms. The van der Waals surface area contributed by atoms with E-state index in [1.165, 1.54) is 12.3 Å². The van der Waals surface area contributed by atoms with Gasteiger partial charge in [0.2, 0.25) is 5.43 Å². The molecule has 0 saturated heterocycles. The Labute approximate surface area is 133 Å². The van der Waals surface area contributed by atoms with Crippen molar-refractivity contribution in [3.63, 3.8) is 0 Å². The predicted octanol–water partition coefficient (Wildman–Crippen LogP) is 2.05. The van der Waals surface area contributed by atoms with Crippen molar-refractivity contribution in [2.75, 3.05) is 19.7 Å². The minimum Gasteiger partial charge on any atom is -0.503 e. The number of aryl methyl sites for hydroxylation is 1. The molecule has 0 aromatic carbocycles. The number of rotatable bonds is 9. The second kappa shape index (κ2) is 8.96. The first-order valence-electron chi connectivity index (χ1n) is 8.09. The van der Waals surface area contributed by atoms with Crippen molar-refractivity contribution in [2.24, 2.45) is 11.8 Å². The predicted molar refractivity (Wildman–Crippen MR) is 89.0 cm³/mol. The largest absolute Gasteiger partial charge is 0.503 e. The van der Waals surface area contributed by atoms with E-state index in [1.54, 1.807) is 0 Å². The van der Waals surface area contributed by atoms with E-state index in [4.69, 9.17) is 5.11 Å². The fourth-order valence-electron chi connectivity index (χ4n) is 2.65. The van der Waals surface area contributed by atoms with Gasteiger partial charge in [0.25, 0.3) is 0 Å². The minimum absolute atomic E-state index is 0.0913. The minimum atomic E-state index is -0.343. The van der Waals surface area contributed by atoms with Crippen LogP contribution >= 0.6 is 0 Å². The Kier molecular flexibility index (Phi) is 7.62. The molecule has 0 aliphatic heterocycles. The Morgan fingerprint density at radius 3 is 2.27 bits per heavy atom. The Bertz CT molecular complexity index is 499. The molecule has 1 aromatic rings. The third-order valence-corrected chi connectivity index (χ3v) is 3.39. The summed E-state index contributed by atoms with van der Waals surface area (Å²) in [5.41, 5.74) is 0.543. The lowest BCUT2D eigenvalue weighted by Gasteiger charge is -2.27. The van der Waals surface area contributed by atoms with Crippen molar-refractivity contribution in [3.05, 3.63) is 28.2 Å². The van der Waals surface area contributed by atoms with Crippen LogP contribution in [0.2, 0.25) is 0 Å². The van der Waals surface area contributed by atoms with E-state index in [9.17, 15) is 9.90 Å². The van der Waals surface area contributed by atoms with Crippen LogP contribution in [0.4, 0.5) is 0 Å². The molecule has 1 rings (SSSR count). The Morgan fingerprint density at radius 1 is 1.18 bits per heavy atom. The van der Waals surface area contributed by atoms with Crippen LogP contribution in [-0.4, -0.2) is 39.4 Å². The Hall–Kier alpha value is -1.33. The van der Waals surface area contributed by atoms with E-state index in [0.29, 0.717) is 31.3 Å². The van der Waals surface area contributed by atoms with Gasteiger partial charge < -0.3 is 14.8 Å². The molecule has 0 unspecified atom stereocenters. The van der Waals surface area contributed by atoms with Gasteiger partial charge in [-0.25, -0.2) is 0 Å². The van der Waals surface area contributed by atoms with Gasteiger partial charge in [-0.3, -0.25) is 9.69 Å². The van der Waals surface area contributed by atoms with Gasteiger partial charge in [0.15, 0.2) is 5.75 Å². The molecule has 1 heterocycles. The van der Waals surface area contributed by atoms with Crippen LogP contribution < -0.4 is 5.43 Å². The zero-order valence-electron chi connectivity index (χ0n) is 14.2. The van der Waals surface area contributed by atoms with Gasteiger partial charge in [-0.1, -0.05) is 27.7 Å². The number of nitrogens with zero attached hydrogens (tertiary/aromatic N) is 2. The first-order chi connectivity index (χ1) is 10.3. The third kappa shape index (κ3) is 6.20. The summed E-state index contributed by atoms with van der Waals surface area (Å²) in [6.45, 7) is 12.0. The Morgan fingerprint density at radius 2 is 1.77 bits per heavy atom. The van der Waals surface area contributed by atoms with Crippen molar-refractivity contribution in [2.45, 2.75) is 47.2 Å². The molecular formula is C17H30N2O3. The molecule has 0 amide bonds. The molecular weight excluding hydrogens is 280 g/mol. The normalized spacial score (nSPS) is 11.8. The molecule has 0 radical (unpaired) electrons. The number of aliphatic hydroxyl groups excluding tert-OH is 1. The van der Waals surface area contributed by atoms with E-state index in [1.807, 2.05) is 4.57 Å². The van der Waals surface area contributed by atoms with Gasteiger partial charge >= 0.3 is 0 Å². The molecule has 126 valence electrons. The highest BCUT2D eigenvalue weighted by Crippen LogP contribution is 2.12. The maximum Gasteiger partial charge on any atom is 0.223 e. The number of aliphatic hydroxyl groups is 1. The zero-order chi connectivity index (χ0) is 16.7. The summed E-state index contributed by atoms with van der Waals surface area (Å²) in [6.07, 6.45) is 2.08. The summed E-state index contributed by atoms with van der Waals surface area (Å²) in [6, 6.07) is 1.51. The fraction of sp³-hybridized carbons (Fsp3) is 0.706. The molecule has 0 spiro atoms. The van der Waals surface area contributed by atoms with E-state index in [0.717, 1.165) is 18.8 Å². The SMILES string of the molecule is CC(C)CN(Cc1cc(=O)c(O)cn1CCCO)CC(C)C. The first kappa shape index (κ1) is 18.7. The Balaban J connectivity index is 3.00. The van der Waals surface area contributed by atoms with Gasteiger partial charge in [-0.05, 0) is 18.3 Å². The summed E-state index contributed by atoms with van der Waals surface area (Å²) in [4.78, 5) is 14.1. The molecule has 0 aliphatic rings. The number of aromatic hydroxyl groups is 1. The standard InChI is InChI=1S/C17H30N2O3/c1-13(2)9-18(10-14(3)4)11-15-8-16(21)17(22)12-19(15)6-5-7-20/h8,12-14,20,22H,5-7,9-11H2,1-4H3. The highest BCUT2D eigenvalue weighted by Gasteiger charge is 2.13. The van der Waals surface area contributed by atoms with Crippen molar-refractivity contribution < 1.29 is 10.2 Å². The fourth-order valence-corrected chi connectivity index (χ4v) is 2.65. The lowest BCUT2D eigenvalue weighted by molar-refractivity contribution is 0.205. The second-order valence-electron chi connectivity index (χ2n) is 6.77. The summed E-state index contributed by atoms with van der Waals surface area (Å²) in [5, 5.41) is 18.7. The molecule has 5 heteroatoms. The van der Waals surface area contributed by atoms with Gasteiger partial charge in [0.1, 0.15) is 0 Å². The number of pyridine rings is 1. The van der Waals surface area contributed by atoms with E-state index in [2.05, 4.69) is 32.6 Å². The molecule has 0 aliphatic carbocycles. The van der Waals surface area contributed by atoms with Crippen LogP contribution in [0, 0.1) is 11.8 Å². The van der Waals surface area contributed by atoms with Crippen LogP contribution in [0.3, 0.4) is 0 Å². The average molecular weight is 310 g/mol. The van der Waals surface area contributed by atoms with Crippen LogP contribution in [0.5, 0.6) is 5.75 Å². The molecule has 0 fully saturated rings. The molecule has 5 nitrogen and oxygen atoms in total. The average Bonchev–Trinajstić information content (AvgIpc) is 2.39. The highest BCUT2D eigenvalue weighted by molar-refractivity contribution is 5.20. The van der Waals surface area contributed by atoms with Crippen LogP contribution in [0.15, 0.2) is 17.1 Å². The second-order valence-corrected chi connectivity index (χ2v) is 6.77. The maximum atomic E-state index is 11.8. The quantitative estimate of drug-likeness (QED) is 0.732. The first-order valence-corrected chi connectivity index (χ1v) is 8.09. The van der Waals surface area contributed by atoms with E-state index in [-0.39, 0.29) is 17.8 Å². The molecule has 1 aromatic heterocycles. The molecule has 2 N–H and O–H groups in total. The van der Waals surface area contributed by atoms with Crippen molar-refractivity contribution in [3.8, 4) is 5.75 Å². The van der Waals surface area contributed by atoms with Crippen LogP contribution in [0.25, 0.3) is 0 Å². The number of aromatic nitrogens is 1. The molecule has 0 bridgehead atoms. The van der Waals surface area contributed by atoms with Gasteiger partial charge in [0.05, 0.1) is 6.20 Å².